The largest absolute Gasteiger partial charge is 0.469 e. The molecule has 120 valence electrons. The van der Waals surface area contributed by atoms with Gasteiger partial charge in [-0.3, -0.25) is 14.4 Å². The Morgan fingerprint density at radius 2 is 1.67 bits per heavy atom. The van der Waals surface area contributed by atoms with Crippen LogP contribution in [0.5, 0.6) is 0 Å². The van der Waals surface area contributed by atoms with E-state index < -0.39 is 0 Å². The van der Waals surface area contributed by atoms with Gasteiger partial charge in [-0.1, -0.05) is 36.4 Å². The first-order chi connectivity index (χ1) is 11.6. The number of ether oxygens (including phenoxy) is 1. The zero-order valence-corrected chi connectivity index (χ0v) is 13.0. The van der Waals surface area contributed by atoms with Crippen molar-refractivity contribution < 1.29 is 19.1 Å². The van der Waals surface area contributed by atoms with Gasteiger partial charge in [0.1, 0.15) is 0 Å². The molecule has 0 saturated heterocycles. The molecule has 2 aromatic carbocycles. The molecule has 3 rings (SSSR count). The molecule has 0 bridgehead atoms. The molecular weight excluding hydrogens is 306 g/mol. The van der Waals surface area contributed by atoms with Crippen LogP contribution in [0.1, 0.15) is 26.3 Å². The molecule has 0 atom stereocenters. The third-order valence-electron chi connectivity index (χ3n) is 3.77. The Kier molecular flexibility index (Phi) is 4.24. The number of esters is 1. The summed E-state index contributed by atoms with van der Waals surface area (Å²) >= 11 is 0. The van der Waals surface area contributed by atoms with Crippen molar-refractivity contribution in [3.63, 3.8) is 0 Å². The van der Waals surface area contributed by atoms with Gasteiger partial charge < -0.3 is 10.1 Å². The SMILES string of the molecule is COC(=O)Cc1ccc(NC2=CC(=O)c3ccccc3C2=O)cc1. The number of carbonyl (C=O) groups excluding carboxylic acids is 3. The van der Waals surface area contributed by atoms with Crippen molar-refractivity contribution in [3.05, 3.63) is 77.0 Å². The van der Waals surface area contributed by atoms with Crippen LogP contribution < -0.4 is 5.32 Å². The number of Topliss-reactive ketones (excluding diaryl/α,β-unsaturated/α-hetero) is 1. The number of carbonyl (C=O) groups is 3. The molecule has 0 spiro atoms. The summed E-state index contributed by atoms with van der Waals surface area (Å²) in [5.41, 5.74) is 2.52. The lowest BCUT2D eigenvalue weighted by atomic mass is 9.92. The van der Waals surface area contributed by atoms with Crippen molar-refractivity contribution in [2.24, 2.45) is 0 Å². The molecule has 1 N–H and O–H groups in total. The maximum Gasteiger partial charge on any atom is 0.309 e. The summed E-state index contributed by atoms with van der Waals surface area (Å²) < 4.78 is 4.62. The van der Waals surface area contributed by atoms with Gasteiger partial charge in [0.2, 0.25) is 5.78 Å². The van der Waals surface area contributed by atoms with E-state index in [1.54, 1.807) is 48.5 Å². The summed E-state index contributed by atoms with van der Waals surface area (Å²) in [7, 11) is 1.34. The lowest BCUT2D eigenvalue weighted by Crippen LogP contribution is -2.21. The lowest BCUT2D eigenvalue weighted by molar-refractivity contribution is -0.139. The van der Waals surface area contributed by atoms with Crippen LogP contribution in [0.15, 0.2) is 60.3 Å². The molecule has 5 nitrogen and oxygen atoms in total. The molecule has 0 heterocycles. The van der Waals surface area contributed by atoms with Gasteiger partial charge >= 0.3 is 5.97 Å². The van der Waals surface area contributed by atoms with Crippen LogP contribution in [0.3, 0.4) is 0 Å². The number of hydrogen-bond acceptors (Lipinski definition) is 5. The molecule has 2 aromatic rings. The smallest absolute Gasteiger partial charge is 0.309 e. The van der Waals surface area contributed by atoms with Crippen molar-refractivity contribution in [2.45, 2.75) is 6.42 Å². The number of rotatable bonds is 4. The third kappa shape index (κ3) is 3.10. The molecule has 5 heteroatoms. The van der Waals surface area contributed by atoms with Crippen LogP contribution in [0.25, 0.3) is 0 Å². The number of benzene rings is 2. The van der Waals surface area contributed by atoms with Crippen molar-refractivity contribution in [3.8, 4) is 0 Å². The van der Waals surface area contributed by atoms with Gasteiger partial charge in [0.25, 0.3) is 0 Å². The molecule has 0 unspecified atom stereocenters. The number of methoxy groups -OCH3 is 1. The zero-order chi connectivity index (χ0) is 17.1. The van der Waals surface area contributed by atoms with E-state index in [1.165, 1.54) is 13.2 Å². The van der Waals surface area contributed by atoms with Gasteiger partial charge in [-0.2, -0.15) is 0 Å². The van der Waals surface area contributed by atoms with E-state index in [0.29, 0.717) is 16.8 Å². The Morgan fingerprint density at radius 3 is 2.33 bits per heavy atom. The van der Waals surface area contributed by atoms with Crippen LogP contribution in [-0.2, 0) is 16.0 Å². The molecule has 0 amide bonds. The fraction of sp³-hybridized carbons (Fsp3) is 0.105. The van der Waals surface area contributed by atoms with E-state index in [2.05, 4.69) is 10.1 Å². The first-order valence-electron chi connectivity index (χ1n) is 7.41. The minimum Gasteiger partial charge on any atom is -0.469 e. The molecule has 1 aliphatic rings. The normalized spacial score (nSPS) is 13.1. The summed E-state index contributed by atoms with van der Waals surface area (Å²) in [5, 5.41) is 2.97. The summed E-state index contributed by atoms with van der Waals surface area (Å²) in [4.78, 5) is 35.8. The fourth-order valence-electron chi connectivity index (χ4n) is 2.51. The minimum absolute atomic E-state index is 0.185. The lowest BCUT2D eigenvalue weighted by Gasteiger charge is -2.16. The zero-order valence-electron chi connectivity index (χ0n) is 13.0. The summed E-state index contributed by atoms with van der Waals surface area (Å²) in [6.45, 7) is 0. The average molecular weight is 321 g/mol. The number of allylic oxidation sites excluding steroid dienone is 2. The Hall–Kier alpha value is -3.21. The van der Waals surface area contributed by atoms with Crippen molar-refractivity contribution in [1.29, 1.82) is 0 Å². The summed E-state index contributed by atoms with van der Waals surface area (Å²) in [6.07, 6.45) is 1.50. The number of fused-ring (bicyclic) bond motifs is 1. The third-order valence-corrected chi connectivity index (χ3v) is 3.77. The number of hydrogen-bond donors (Lipinski definition) is 1. The molecule has 0 saturated carbocycles. The van der Waals surface area contributed by atoms with Crippen LogP contribution in [-0.4, -0.2) is 24.6 Å². The first-order valence-corrected chi connectivity index (χ1v) is 7.41. The maximum absolute atomic E-state index is 12.5. The highest BCUT2D eigenvalue weighted by molar-refractivity contribution is 6.25. The minimum atomic E-state index is -0.317. The van der Waals surface area contributed by atoms with E-state index >= 15 is 0 Å². The van der Waals surface area contributed by atoms with E-state index in [0.717, 1.165) is 5.56 Å². The van der Waals surface area contributed by atoms with Crippen LogP contribution in [0.4, 0.5) is 5.69 Å². The Balaban J connectivity index is 1.78. The predicted octanol–water partition coefficient (Wildman–Crippen LogP) is 2.78. The topological polar surface area (TPSA) is 72.5 Å². The Bertz CT molecular complexity index is 850. The second-order valence-electron chi connectivity index (χ2n) is 5.37. The highest BCUT2D eigenvalue weighted by atomic mass is 16.5. The number of nitrogens with one attached hydrogen (secondary N) is 1. The van der Waals surface area contributed by atoms with Gasteiger partial charge in [-0.25, -0.2) is 0 Å². The average Bonchev–Trinajstić information content (AvgIpc) is 2.61. The van der Waals surface area contributed by atoms with Gasteiger partial charge in [-0.15, -0.1) is 0 Å². The molecular formula is C19H15NO4. The van der Waals surface area contributed by atoms with Crippen molar-refractivity contribution >= 4 is 23.2 Å². The highest BCUT2D eigenvalue weighted by Gasteiger charge is 2.25. The van der Waals surface area contributed by atoms with Crippen LogP contribution >= 0.6 is 0 Å². The van der Waals surface area contributed by atoms with Gasteiger partial charge in [0.05, 0.1) is 19.2 Å². The van der Waals surface area contributed by atoms with Gasteiger partial charge in [0.15, 0.2) is 5.78 Å². The monoisotopic (exact) mass is 321 g/mol. The number of anilines is 1. The standard InChI is InChI=1S/C19H15NO4/c1-24-18(22)10-12-6-8-13(9-7-12)20-16-11-17(21)14-4-2-3-5-15(14)19(16)23/h2-9,11,20H,10H2,1H3. The van der Waals surface area contributed by atoms with Gasteiger partial charge in [-0.05, 0) is 17.7 Å². The molecule has 1 aliphatic carbocycles. The first kappa shape index (κ1) is 15.7. The van der Waals surface area contributed by atoms with E-state index in [1.807, 2.05) is 0 Å². The molecule has 0 aliphatic heterocycles. The van der Waals surface area contributed by atoms with Crippen molar-refractivity contribution in [1.82, 2.24) is 0 Å². The molecule has 24 heavy (non-hydrogen) atoms. The summed E-state index contributed by atoms with van der Waals surface area (Å²) in [5.74, 6) is -0.734. The highest BCUT2D eigenvalue weighted by Crippen LogP contribution is 2.23. The molecule has 0 aromatic heterocycles. The van der Waals surface area contributed by atoms with Crippen LogP contribution in [0, 0.1) is 0 Å². The molecule has 0 fully saturated rings. The van der Waals surface area contributed by atoms with E-state index in [4.69, 9.17) is 0 Å². The molecule has 0 radical (unpaired) electrons. The van der Waals surface area contributed by atoms with Crippen LogP contribution in [0.2, 0.25) is 0 Å². The Labute approximate surface area is 138 Å². The second-order valence-corrected chi connectivity index (χ2v) is 5.37. The van der Waals surface area contributed by atoms with E-state index in [9.17, 15) is 14.4 Å². The summed E-state index contributed by atoms with van der Waals surface area (Å²) in [6, 6.07) is 13.8. The van der Waals surface area contributed by atoms with E-state index in [-0.39, 0.29) is 29.7 Å². The van der Waals surface area contributed by atoms with Crippen molar-refractivity contribution in [2.75, 3.05) is 12.4 Å². The quantitative estimate of drug-likeness (QED) is 0.877. The van der Waals surface area contributed by atoms with Gasteiger partial charge in [0, 0.05) is 22.9 Å². The second kappa shape index (κ2) is 6.50. The Morgan fingerprint density at radius 1 is 1.00 bits per heavy atom. The number of ketones is 2. The predicted molar refractivity (Wildman–Crippen MR) is 89.0 cm³/mol. The maximum atomic E-state index is 12.5. The fourth-order valence-corrected chi connectivity index (χ4v) is 2.51.